The molecule has 2 saturated carbocycles. The Morgan fingerprint density at radius 1 is 0.806 bits per heavy atom. The first-order valence-corrected chi connectivity index (χ1v) is 11.8. The van der Waals surface area contributed by atoms with Gasteiger partial charge in [0.15, 0.2) is 12.0 Å². The molecule has 0 aliphatic heterocycles. The van der Waals surface area contributed by atoms with Crippen molar-refractivity contribution in [3.63, 3.8) is 0 Å². The molecule has 4 aromatic rings. The van der Waals surface area contributed by atoms with Crippen LogP contribution < -0.4 is 0 Å². The number of rotatable bonds is 7. The smallest absolute Gasteiger partial charge is 0.155 e. The van der Waals surface area contributed by atoms with Crippen molar-refractivity contribution in [2.45, 2.75) is 37.5 Å². The van der Waals surface area contributed by atoms with Crippen molar-refractivity contribution in [3.05, 3.63) is 89.1 Å². The molecule has 184 valence electrons. The molecule has 6 rings (SSSR count). The number of halogens is 2. The van der Waals surface area contributed by atoms with Crippen LogP contribution in [0.25, 0.3) is 28.6 Å². The molecular weight excluding hydrogens is 466 g/mol. The number of ether oxygens (including phenoxy) is 1. The van der Waals surface area contributed by atoms with E-state index in [1.807, 2.05) is 0 Å². The first-order valence-electron chi connectivity index (χ1n) is 11.8. The summed E-state index contributed by atoms with van der Waals surface area (Å²) in [6.07, 6.45) is 8.25. The van der Waals surface area contributed by atoms with Crippen LogP contribution in [0.4, 0.5) is 8.78 Å². The van der Waals surface area contributed by atoms with Gasteiger partial charge in [-0.05, 0) is 56.0 Å². The van der Waals surface area contributed by atoms with E-state index in [0.29, 0.717) is 46.0 Å². The molecule has 0 radical (unpaired) electrons. The van der Waals surface area contributed by atoms with Gasteiger partial charge in [0.25, 0.3) is 0 Å². The monoisotopic (exact) mass is 490 g/mol. The third kappa shape index (κ3) is 4.84. The lowest BCUT2D eigenvalue weighted by Gasteiger charge is -2.00. The summed E-state index contributed by atoms with van der Waals surface area (Å²) in [4.78, 5) is 11.1. The van der Waals surface area contributed by atoms with Crippen LogP contribution in [0.5, 0.6) is 0 Å². The Labute approximate surface area is 206 Å². The fraction of sp³-hybridized carbons (Fsp3) is 0.250. The molecule has 0 unspecified atom stereocenters. The van der Waals surface area contributed by atoms with E-state index >= 15 is 0 Å². The maximum atomic E-state index is 13.9. The van der Waals surface area contributed by atoms with Gasteiger partial charge in [0.1, 0.15) is 28.8 Å². The van der Waals surface area contributed by atoms with E-state index in [9.17, 15) is 13.6 Å². The average molecular weight is 491 g/mol. The highest BCUT2D eigenvalue weighted by molar-refractivity contribution is 5.87. The predicted octanol–water partition coefficient (Wildman–Crippen LogP) is 7.15. The molecule has 0 spiro atoms. The van der Waals surface area contributed by atoms with E-state index in [2.05, 4.69) is 10.3 Å². The van der Waals surface area contributed by atoms with Gasteiger partial charge < -0.3 is 13.8 Å². The molecule has 36 heavy (non-hydrogen) atoms. The molecule has 0 atom stereocenters. The van der Waals surface area contributed by atoms with Crippen molar-refractivity contribution in [2.75, 3.05) is 7.11 Å². The SMILES string of the molecule is CO/C=C/c1c(-c2ccccc2F)noc1C1CC1.O=Cc1c(-c2ccccc2F)noc1C1CC1. The Kier molecular flexibility index (Phi) is 6.75. The summed E-state index contributed by atoms with van der Waals surface area (Å²) in [7, 11) is 1.57. The largest absolute Gasteiger partial charge is 0.504 e. The molecule has 2 heterocycles. The molecule has 2 aromatic carbocycles. The van der Waals surface area contributed by atoms with Crippen LogP contribution in [0.2, 0.25) is 0 Å². The molecule has 6 nitrogen and oxygen atoms in total. The highest BCUT2D eigenvalue weighted by Crippen LogP contribution is 2.45. The van der Waals surface area contributed by atoms with Gasteiger partial charge in [-0.2, -0.15) is 0 Å². The fourth-order valence-corrected chi connectivity index (χ4v) is 4.01. The Balaban J connectivity index is 0.000000149. The fourth-order valence-electron chi connectivity index (χ4n) is 4.01. The van der Waals surface area contributed by atoms with Gasteiger partial charge in [-0.3, -0.25) is 4.79 Å². The van der Waals surface area contributed by atoms with E-state index in [1.165, 1.54) is 12.1 Å². The number of nitrogens with zero attached hydrogens (tertiary/aromatic N) is 2. The second-order valence-corrected chi connectivity index (χ2v) is 8.78. The normalized spacial score (nSPS) is 15.0. The van der Waals surface area contributed by atoms with Gasteiger partial charge in [0.05, 0.1) is 18.9 Å². The number of aromatic nitrogens is 2. The van der Waals surface area contributed by atoms with Crippen molar-refractivity contribution in [1.82, 2.24) is 10.3 Å². The van der Waals surface area contributed by atoms with Gasteiger partial charge in [-0.15, -0.1) is 0 Å². The third-order valence-corrected chi connectivity index (χ3v) is 6.15. The topological polar surface area (TPSA) is 78.4 Å². The third-order valence-electron chi connectivity index (χ3n) is 6.15. The van der Waals surface area contributed by atoms with Crippen LogP contribution >= 0.6 is 0 Å². The van der Waals surface area contributed by atoms with Crippen LogP contribution in [-0.4, -0.2) is 23.7 Å². The number of carbonyl (C=O) groups excluding carboxylic acids is 1. The first kappa shape index (κ1) is 23.7. The van der Waals surface area contributed by atoms with Crippen molar-refractivity contribution in [1.29, 1.82) is 0 Å². The maximum Gasteiger partial charge on any atom is 0.155 e. The molecule has 2 aliphatic rings. The Bertz CT molecular complexity index is 1400. The van der Waals surface area contributed by atoms with Crippen molar-refractivity contribution in [2.24, 2.45) is 0 Å². The second kappa shape index (κ2) is 10.3. The predicted molar refractivity (Wildman–Crippen MR) is 129 cm³/mol. The lowest BCUT2D eigenvalue weighted by molar-refractivity contribution is 0.112. The van der Waals surface area contributed by atoms with Gasteiger partial charge in [0.2, 0.25) is 0 Å². The minimum atomic E-state index is -0.397. The molecule has 8 heteroatoms. The van der Waals surface area contributed by atoms with Crippen molar-refractivity contribution < 1.29 is 27.4 Å². The number of hydrogen-bond donors (Lipinski definition) is 0. The number of carbonyl (C=O) groups is 1. The molecule has 0 bridgehead atoms. The molecular formula is C28H24F2N2O4. The van der Waals surface area contributed by atoms with Crippen molar-refractivity contribution >= 4 is 12.4 Å². The first-order chi connectivity index (χ1) is 17.6. The van der Waals surface area contributed by atoms with Gasteiger partial charge >= 0.3 is 0 Å². The minimum Gasteiger partial charge on any atom is -0.504 e. The van der Waals surface area contributed by atoms with Gasteiger partial charge in [-0.25, -0.2) is 8.78 Å². The number of methoxy groups -OCH3 is 1. The van der Waals surface area contributed by atoms with Gasteiger partial charge in [0, 0.05) is 28.5 Å². The summed E-state index contributed by atoms with van der Waals surface area (Å²) in [5, 5.41) is 7.87. The lowest BCUT2D eigenvalue weighted by atomic mass is 10.0. The highest BCUT2D eigenvalue weighted by atomic mass is 19.1. The van der Waals surface area contributed by atoms with Crippen LogP contribution in [0.3, 0.4) is 0 Å². The number of hydrogen-bond acceptors (Lipinski definition) is 6. The van der Waals surface area contributed by atoms with E-state index in [1.54, 1.807) is 55.8 Å². The van der Waals surface area contributed by atoms with E-state index in [0.717, 1.165) is 37.0 Å². The van der Waals surface area contributed by atoms with E-state index in [4.69, 9.17) is 13.8 Å². The minimum absolute atomic E-state index is 0.281. The number of aldehydes is 1. The average Bonchev–Trinajstić information content (AvgIpc) is 3.83. The molecule has 2 fully saturated rings. The summed E-state index contributed by atoms with van der Waals surface area (Å²) < 4.78 is 43.0. The zero-order valence-electron chi connectivity index (χ0n) is 19.6. The highest BCUT2D eigenvalue weighted by Gasteiger charge is 2.33. The molecule has 0 saturated heterocycles. The van der Waals surface area contributed by atoms with Crippen LogP contribution in [0.1, 0.15) is 65.0 Å². The summed E-state index contributed by atoms with van der Waals surface area (Å²) in [5.41, 5.74) is 2.81. The van der Waals surface area contributed by atoms with Gasteiger partial charge in [-0.1, -0.05) is 34.6 Å². The summed E-state index contributed by atoms with van der Waals surface area (Å²) in [5.74, 6) is 1.41. The standard InChI is InChI=1S/C15H14FNO2.C13H10FNO2/c1-18-9-8-12-14(11-4-2-3-5-13(11)16)17-19-15(12)10-6-7-10;14-11-4-2-1-3-9(11)12-10(7-16)13(17-15-12)8-5-6-8/h2-5,8-10H,6-7H2,1H3;1-4,7-8H,5-6H2/b9-8+;. The lowest BCUT2D eigenvalue weighted by Crippen LogP contribution is -1.90. The quantitative estimate of drug-likeness (QED) is 0.202. The molecule has 2 aromatic heterocycles. The molecule has 0 amide bonds. The number of benzene rings is 2. The zero-order valence-corrected chi connectivity index (χ0v) is 19.6. The van der Waals surface area contributed by atoms with E-state index in [-0.39, 0.29) is 11.7 Å². The van der Waals surface area contributed by atoms with Crippen LogP contribution in [-0.2, 0) is 4.74 Å². The second-order valence-electron chi connectivity index (χ2n) is 8.78. The summed E-state index contributed by atoms with van der Waals surface area (Å²) >= 11 is 0. The van der Waals surface area contributed by atoms with E-state index < -0.39 is 5.82 Å². The molecule has 2 aliphatic carbocycles. The van der Waals surface area contributed by atoms with Crippen LogP contribution in [0.15, 0.2) is 63.8 Å². The van der Waals surface area contributed by atoms with Crippen molar-refractivity contribution in [3.8, 4) is 22.5 Å². The summed E-state index contributed by atoms with van der Waals surface area (Å²) in [6.45, 7) is 0. The Hall–Kier alpha value is -4.07. The van der Waals surface area contributed by atoms with Crippen LogP contribution in [0, 0.1) is 11.6 Å². The summed E-state index contributed by atoms with van der Waals surface area (Å²) in [6, 6.07) is 12.8. The Morgan fingerprint density at radius 2 is 1.28 bits per heavy atom. The molecule has 0 N–H and O–H groups in total. The maximum absolute atomic E-state index is 13.9. The Morgan fingerprint density at radius 3 is 1.72 bits per heavy atom. The zero-order chi connectivity index (χ0) is 25.1.